The summed E-state index contributed by atoms with van der Waals surface area (Å²) in [6, 6.07) is 0.617. The van der Waals surface area contributed by atoms with Gasteiger partial charge in [-0.25, -0.2) is 0 Å². The smallest absolute Gasteiger partial charge is 0.0476 e. The summed E-state index contributed by atoms with van der Waals surface area (Å²) in [5, 5.41) is 3.66. The van der Waals surface area contributed by atoms with Crippen LogP contribution in [0.1, 0.15) is 39.0 Å². The zero-order valence-electron chi connectivity index (χ0n) is 9.51. The molecule has 2 nitrogen and oxygen atoms in total. The van der Waals surface area contributed by atoms with E-state index >= 15 is 0 Å². The molecule has 2 aliphatic rings. The summed E-state index contributed by atoms with van der Waals surface area (Å²) in [7, 11) is 1.78. The molecule has 0 bridgehead atoms. The molecular formula is C12H23NO. The molecule has 0 heterocycles. The second kappa shape index (κ2) is 4.19. The molecule has 82 valence electrons. The average molecular weight is 197 g/mol. The maximum Gasteiger partial charge on any atom is 0.0476 e. The third-order valence-corrected chi connectivity index (χ3v) is 3.89. The van der Waals surface area contributed by atoms with Crippen molar-refractivity contribution in [2.24, 2.45) is 11.3 Å². The minimum Gasteiger partial charge on any atom is -0.385 e. The van der Waals surface area contributed by atoms with E-state index in [0.717, 1.165) is 24.4 Å². The molecule has 0 aromatic carbocycles. The highest BCUT2D eigenvalue weighted by Gasteiger charge is 2.53. The van der Waals surface area contributed by atoms with Crippen LogP contribution in [0, 0.1) is 11.3 Å². The maximum absolute atomic E-state index is 5.08. The van der Waals surface area contributed by atoms with Crippen LogP contribution in [0.25, 0.3) is 0 Å². The Morgan fingerprint density at radius 2 is 2.14 bits per heavy atom. The van der Waals surface area contributed by atoms with Gasteiger partial charge in [-0.05, 0) is 50.4 Å². The van der Waals surface area contributed by atoms with Crippen molar-refractivity contribution in [1.29, 1.82) is 0 Å². The Morgan fingerprint density at radius 3 is 2.64 bits per heavy atom. The lowest BCUT2D eigenvalue weighted by Gasteiger charge is -2.19. The summed E-state index contributed by atoms with van der Waals surface area (Å²) in [5.74, 6) is 1.07. The molecule has 2 aliphatic carbocycles. The van der Waals surface area contributed by atoms with Gasteiger partial charge in [-0.1, -0.05) is 0 Å². The second-order valence-electron chi connectivity index (χ2n) is 5.20. The minimum absolute atomic E-state index is 0.617. The normalized spacial score (nSPS) is 26.1. The minimum atomic E-state index is 0.617. The predicted octanol–water partition coefficient (Wildman–Crippen LogP) is 2.19. The zero-order valence-corrected chi connectivity index (χ0v) is 9.51. The van der Waals surface area contributed by atoms with Crippen LogP contribution in [0.15, 0.2) is 0 Å². The molecule has 0 radical (unpaired) electrons. The predicted molar refractivity (Wildman–Crippen MR) is 58.3 cm³/mol. The first kappa shape index (κ1) is 10.4. The summed E-state index contributed by atoms with van der Waals surface area (Å²) >= 11 is 0. The molecule has 0 spiro atoms. The van der Waals surface area contributed by atoms with E-state index in [4.69, 9.17) is 4.74 Å². The number of nitrogens with one attached hydrogen (secondary N) is 1. The van der Waals surface area contributed by atoms with Gasteiger partial charge in [0.15, 0.2) is 0 Å². The molecule has 0 aromatic rings. The molecule has 2 fully saturated rings. The van der Waals surface area contributed by atoms with E-state index in [1.165, 1.54) is 32.2 Å². The van der Waals surface area contributed by atoms with Gasteiger partial charge in [0.2, 0.25) is 0 Å². The summed E-state index contributed by atoms with van der Waals surface area (Å²) in [4.78, 5) is 0. The molecule has 2 heteroatoms. The summed E-state index contributed by atoms with van der Waals surface area (Å²) < 4.78 is 5.08. The fourth-order valence-corrected chi connectivity index (χ4v) is 2.36. The number of methoxy groups -OCH3 is 1. The van der Waals surface area contributed by atoms with E-state index in [0.29, 0.717) is 6.04 Å². The standard InChI is InChI=1S/C12H23NO/c1-10(5-8-14-2)13-9-12(6-7-12)11-3-4-11/h10-11,13H,3-9H2,1-2H3. The van der Waals surface area contributed by atoms with Crippen LogP contribution in [0.3, 0.4) is 0 Å². The Balaban J connectivity index is 1.61. The van der Waals surface area contributed by atoms with Crippen LogP contribution in [0.4, 0.5) is 0 Å². The van der Waals surface area contributed by atoms with Crippen LogP contribution in [-0.2, 0) is 4.74 Å². The van der Waals surface area contributed by atoms with Crippen molar-refractivity contribution in [3.63, 3.8) is 0 Å². The van der Waals surface area contributed by atoms with Gasteiger partial charge >= 0.3 is 0 Å². The Bertz CT molecular complexity index is 185. The molecule has 0 aliphatic heterocycles. The molecule has 1 unspecified atom stereocenters. The van der Waals surface area contributed by atoms with Crippen molar-refractivity contribution in [3.05, 3.63) is 0 Å². The largest absolute Gasteiger partial charge is 0.385 e. The topological polar surface area (TPSA) is 21.3 Å². The van der Waals surface area contributed by atoms with Crippen LogP contribution in [0.5, 0.6) is 0 Å². The van der Waals surface area contributed by atoms with Crippen molar-refractivity contribution in [3.8, 4) is 0 Å². The third kappa shape index (κ3) is 2.48. The van der Waals surface area contributed by atoms with Crippen molar-refractivity contribution in [2.45, 2.75) is 45.1 Å². The molecule has 0 saturated heterocycles. The SMILES string of the molecule is COCCC(C)NCC1(C2CC2)CC1. The number of hydrogen-bond acceptors (Lipinski definition) is 2. The highest BCUT2D eigenvalue weighted by atomic mass is 16.5. The van der Waals surface area contributed by atoms with Crippen molar-refractivity contribution >= 4 is 0 Å². The first-order valence-electron chi connectivity index (χ1n) is 5.99. The maximum atomic E-state index is 5.08. The molecule has 14 heavy (non-hydrogen) atoms. The van der Waals surface area contributed by atoms with Gasteiger partial charge in [0, 0.05) is 26.3 Å². The van der Waals surface area contributed by atoms with E-state index in [-0.39, 0.29) is 0 Å². The Hall–Kier alpha value is -0.0800. The van der Waals surface area contributed by atoms with Gasteiger partial charge in [0.05, 0.1) is 0 Å². The van der Waals surface area contributed by atoms with Crippen molar-refractivity contribution < 1.29 is 4.74 Å². The molecule has 2 saturated carbocycles. The molecular weight excluding hydrogens is 174 g/mol. The molecule has 2 rings (SSSR count). The molecule has 0 aromatic heterocycles. The number of ether oxygens (including phenoxy) is 1. The third-order valence-electron chi connectivity index (χ3n) is 3.89. The Kier molecular flexibility index (Phi) is 3.13. The van der Waals surface area contributed by atoms with Gasteiger partial charge in [0.1, 0.15) is 0 Å². The van der Waals surface area contributed by atoms with Crippen LogP contribution in [0.2, 0.25) is 0 Å². The van der Waals surface area contributed by atoms with Crippen molar-refractivity contribution in [1.82, 2.24) is 5.32 Å². The van der Waals surface area contributed by atoms with E-state index in [1.807, 2.05) is 0 Å². The van der Waals surface area contributed by atoms with E-state index < -0.39 is 0 Å². The first-order chi connectivity index (χ1) is 6.77. The van der Waals surface area contributed by atoms with E-state index in [1.54, 1.807) is 7.11 Å². The van der Waals surface area contributed by atoms with Crippen LogP contribution < -0.4 is 5.32 Å². The molecule has 0 amide bonds. The Morgan fingerprint density at radius 1 is 1.43 bits per heavy atom. The fourth-order valence-electron chi connectivity index (χ4n) is 2.36. The zero-order chi connectivity index (χ0) is 10.0. The quantitative estimate of drug-likeness (QED) is 0.675. The molecule has 1 atom stereocenters. The summed E-state index contributed by atoms with van der Waals surface area (Å²) in [6.45, 7) is 4.40. The lowest BCUT2D eigenvalue weighted by molar-refractivity contribution is 0.183. The van der Waals surface area contributed by atoms with Crippen LogP contribution >= 0.6 is 0 Å². The van der Waals surface area contributed by atoms with Gasteiger partial charge in [-0.15, -0.1) is 0 Å². The number of rotatable bonds is 7. The first-order valence-corrected chi connectivity index (χ1v) is 5.99. The highest BCUT2D eigenvalue weighted by molar-refractivity contribution is 5.05. The molecule has 1 N–H and O–H groups in total. The summed E-state index contributed by atoms with van der Waals surface area (Å²) in [6.07, 6.45) is 7.07. The van der Waals surface area contributed by atoms with E-state index in [2.05, 4.69) is 12.2 Å². The fraction of sp³-hybridized carbons (Fsp3) is 1.00. The van der Waals surface area contributed by atoms with Crippen molar-refractivity contribution in [2.75, 3.05) is 20.3 Å². The highest BCUT2D eigenvalue weighted by Crippen LogP contribution is 2.60. The van der Waals surface area contributed by atoms with Gasteiger partial charge in [-0.3, -0.25) is 0 Å². The number of hydrogen-bond donors (Lipinski definition) is 1. The Labute approximate surface area is 87.4 Å². The second-order valence-corrected chi connectivity index (χ2v) is 5.20. The van der Waals surface area contributed by atoms with Gasteiger partial charge in [0.25, 0.3) is 0 Å². The lowest BCUT2D eigenvalue weighted by Crippen LogP contribution is -2.33. The summed E-state index contributed by atoms with van der Waals surface area (Å²) in [5.41, 5.74) is 0.737. The van der Waals surface area contributed by atoms with Gasteiger partial charge < -0.3 is 10.1 Å². The average Bonchev–Trinajstić information content (AvgIpc) is 3.03. The van der Waals surface area contributed by atoms with Gasteiger partial charge in [-0.2, -0.15) is 0 Å². The lowest BCUT2D eigenvalue weighted by atomic mass is 10.0. The monoisotopic (exact) mass is 197 g/mol. The van der Waals surface area contributed by atoms with E-state index in [9.17, 15) is 0 Å². The van der Waals surface area contributed by atoms with Crippen LogP contribution in [-0.4, -0.2) is 26.3 Å².